The van der Waals surface area contributed by atoms with Crippen LogP contribution in [0.5, 0.6) is 0 Å². The van der Waals surface area contributed by atoms with Gasteiger partial charge in [0.2, 0.25) is 0 Å². The Morgan fingerprint density at radius 1 is 1.00 bits per heavy atom. The number of hydrogen-bond acceptors (Lipinski definition) is 3. The fourth-order valence-electron chi connectivity index (χ4n) is 2.96. The molecule has 0 unspecified atom stereocenters. The fourth-order valence-corrected chi connectivity index (χ4v) is 3.40. The van der Waals surface area contributed by atoms with Crippen molar-refractivity contribution in [2.45, 2.75) is 0 Å². The maximum absolute atomic E-state index is 12.5. The Morgan fingerprint density at radius 2 is 1.77 bits per heavy atom. The van der Waals surface area contributed by atoms with Gasteiger partial charge in [0.15, 0.2) is 5.82 Å². The van der Waals surface area contributed by atoms with Gasteiger partial charge in [0.05, 0.1) is 26.5 Å². The molecule has 148 valence electrons. The lowest BCUT2D eigenvalue weighted by Gasteiger charge is -2.08. The van der Waals surface area contributed by atoms with Crippen molar-refractivity contribution in [3.63, 3.8) is 0 Å². The number of nitrogens with one attached hydrogen (secondary N) is 2. The molecule has 0 spiro atoms. The number of nitrogens with zero attached hydrogens (tertiary/aromatic N) is 1. The average Bonchev–Trinajstić information content (AvgIpc) is 2.74. The Balaban J connectivity index is 1.61. The van der Waals surface area contributed by atoms with Gasteiger partial charge < -0.3 is 10.3 Å². The van der Waals surface area contributed by atoms with Crippen LogP contribution in [0.2, 0.25) is 5.02 Å². The first kappa shape index (κ1) is 19.9. The summed E-state index contributed by atoms with van der Waals surface area (Å²) in [7, 11) is 0. The number of fused-ring (bicyclic) bond motifs is 1. The first-order valence-electron chi connectivity index (χ1n) is 9.04. The standard InChI is InChI=1S/C23H15Cl2N3O2/c24-18-10-3-1-8-16(18)22(29)26-15-7-5-6-14(12-15)13-19(25)21-27-20-11-4-2-9-17(20)23(30)28-21/h1-13H,(H,26,29)(H,27,28,30). The third-order valence-corrected chi connectivity index (χ3v) is 5.01. The minimum atomic E-state index is -0.312. The number of anilines is 1. The van der Waals surface area contributed by atoms with Gasteiger partial charge in [0.1, 0.15) is 0 Å². The molecule has 0 fully saturated rings. The van der Waals surface area contributed by atoms with Crippen LogP contribution in [0.1, 0.15) is 21.7 Å². The normalized spacial score (nSPS) is 11.5. The van der Waals surface area contributed by atoms with E-state index in [0.29, 0.717) is 27.2 Å². The number of H-pyrrole nitrogens is 1. The van der Waals surface area contributed by atoms with Gasteiger partial charge >= 0.3 is 0 Å². The Morgan fingerprint density at radius 3 is 2.60 bits per heavy atom. The van der Waals surface area contributed by atoms with Crippen molar-refractivity contribution >= 4 is 56.8 Å². The van der Waals surface area contributed by atoms with Crippen LogP contribution in [0.3, 0.4) is 0 Å². The average molecular weight is 436 g/mol. The maximum atomic E-state index is 12.5. The molecule has 5 nitrogen and oxygen atoms in total. The smallest absolute Gasteiger partial charge is 0.259 e. The molecule has 2 N–H and O–H groups in total. The Kier molecular flexibility index (Phi) is 5.65. The second-order valence-electron chi connectivity index (χ2n) is 6.48. The van der Waals surface area contributed by atoms with Crippen LogP contribution in [0, 0.1) is 0 Å². The summed E-state index contributed by atoms with van der Waals surface area (Å²) in [6.45, 7) is 0. The van der Waals surface area contributed by atoms with Crippen molar-refractivity contribution < 1.29 is 4.79 Å². The van der Waals surface area contributed by atoms with E-state index in [1.165, 1.54) is 0 Å². The number of halogens is 2. The highest BCUT2D eigenvalue weighted by Gasteiger charge is 2.10. The minimum Gasteiger partial charge on any atom is -0.322 e. The number of aromatic nitrogens is 2. The second-order valence-corrected chi connectivity index (χ2v) is 7.30. The van der Waals surface area contributed by atoms with Crippen molar-refractivity contribution in [3.8, 4) is 0 Å². The summed E-state index contributed by atoms with van der Waals surface area (Å²) in [5.74, 6) is -0.0424. The first-order valence-corrected chi connectivity index (χ1v) is 9.79. The van der Waals surface area contributed by atoms with E-state index in [1.807, 2.05) is 6.07 Å². The predicted molar refractivity (Wildman–Crippen MR) is 122 cm³/mol. The van der Waals surface area contributed by atoms with Crippen LogP contribution in [0.4, 0.5) is 5.69 Å². The van der Waals surface area contributed by atoms with Crippen molar-refractivity contribution in [1.82, 2.24) is 9.97 Å². The Bertz CT molecular complexity index is 1350. The largest absolute Gasteiger partial charge is 0.322 e. The van der Waals surface area contributed by atoms with Gasteiger partial charge in [-0.15, -0.1) is 0 Å². The quantitative estimate of drug-likeness (QED) is 0.440. The van der Waals surface area contributed by atoms with Crippen LogP contribution < -0.4 is 10.9 Å². The lowest BCUT2D eigenvalue weighted by molar-refractivity contribution is 0.102. The Hall–Kier alpha value is -3.41. The molecule has 0 saturated heterocycles. The van der Waals surface area contributed by atoms with Gasteiger partial charge in [-0.3, -0.25) is 9.59 Å². The SMILES string of the molecule is O=C(Nc1cccc(C=C(Cl)c2nc3ccccc3c(=O)[nH]2)c1)c1ccccc1Cl. The zero-order chi connectivity index (χ0) is 21.1. The molecule has 1 amide bonds. The van der Waals surface area contributed by atoms with Gasteiger partial charge in [-0.1, -0.05) is 59.6 Å². The lowest BCUT2D eigenvalue weighted by atomic mass is 10.1. The van der Waals surface area contributed by atoms with E-state index >= 15 is 0 Å². The minimum absolute atomic E-state index is 0.261. The van der Waals surface area contributed by atoms with Gasteiger partial charge in [-0.05, 0) is 48.0 Å². The Labute approximate surface area is 182 Å². The number of amides is 1. The summed E-state index contributed by atoms with van der Waals surface area (Å²) < 4.78 is 0. The van der Waals surface area contributed by atoms with E-state index < -0.39 is 0 Å². The van der Waals surface area contributed by atoms with Gasteiger partial charge in [0.25, 0.3) is 11.5 Å². The van der Waals surface area contributed by atoms with E-state index in [9.17, 15) is 9.59 Å². The third kappa shape index (κ3) is 4.27. The van der Waals surface area contributed by atoms with Crippen molar-refractivity contribution in [3.05, 3.63) is 105 Å². The van der Waals surface area contributed by atoms with Gasteiger partial charge in [-0.2, -0.15) is 0 Å². The van der Waals surface area contributed by atoms with Crippen LogP contribution in [-0.4, -0.2) is 15.9 Å². The molecule has 4 aromatic rings. The fraction of sp³-hybridized carbons (Fsp3) is 0. The predicted octanol–water partition coefficient (Wildman–Crippen LogP) is 5.57. The molecule has 0 aliphatic heterocycles. The van der Waals surface area contributed by atoms with Crippen molar-refractivity contribution in [2.75, 3.05) is 5.32 Å². The molecule has 0 saturated carbocycles. The summed E-state index contributed by atoms with van der Waals surface area (Å²) in [5, 5.41) is 3.96. The molecule has 7 heteroatoms. The molecule has 3 aromatic carbocycles. The number of para-hydroxylation sites is 1. The topological polar surface area (TPSA) is 74.8 Å². The summed E-state index contributed by atoms with van der Waals surface area (Å²) in [4.78, 5) is 31.8. The first-order chi connectivity index (χ1) is 14.5. The molecule has 4 rings (SSSR count). The molecule has 0 aliphatic carbocycles. The highest BCUT2D eigenvalue weighted by atomic mass is 35.5. The summed E-state index contributed by atoms with van der Waals surface area (Å²) in [6, 6.07) is 21.0. The monoisotopic (exact) mass is 435 g/mol. The zero-order valence-electron chi connectivity index (χ0n) is 15.5. The molecule has 0 atom stereocenters. The lowest BCUT2D eigenvalue weighted by Crippen LogP contribution is -2.12. The van der Waals surface area contributed by atoms with E-state index in [0.717, 1.165) is 5.56 Å². The number of carbonyl (C=O) groups is 1. The zero-order valence-corrected chi connectivity index (χ0v) is 17.0. The number of hydrogen-bond donors (Lipinski definition) is 2. The van der Waals surface area contributed by atoms with Crippen molar-refractivity contribution in [2.24, 2.45) is 0 Å². The van der Waals surface area contributed by atoms with Crippen LogP contribution in [0.15, 0.2) is 77.6 Å². The second kappa shape index (κ2) is 8.53. The number of rotatable bonds is 4. The number of carbonyl (C=O) groups excluding carboxylic acids is 1. The molecule has 0 aliphatic rings. The molecular weight excluding hydrogens is 421 g/mol. The van der Waals surface area contributed by atoms with Crippen LogP contribution >= 0.6 is 23.2 Å². The van der Waals surface area contributed by atoms with E-state index in [4.69, 9.17) is 23.2 Å². The van der Waals surface area contributed by atoms with Crippen molar-refractivity contribution in [1.29, 1.82) is 0 Å². The van der Waals surface area contributed by atoms with E-state index in [-0.39, 0.29) is 22.3 Å². The molecule has 0 radical (unpaired) electrons. The number of aromatic amines is 1. The number of benzene rings is 3. The summed E-state index contributed by atoms with van der Waals surface area (Å²) >= 11 is 12.5. The highest BCUT2D eigenvalue weighted by molar-refractivity contribution is 6.50. The molecule has 0 bridgehead atoms. The maximum Gasteiger partial charge on any atom is 0.259 e. The van der Waals surface area contributed by atoms with Gasteiger partial charge in [-0.25, -0.2) is 4.98 Å². The molecular formula is C23H15Cl2N3O2. The summed E-state index contributed by atoms with van der Waals surface area (Å²) in [5.41, 5.74) is 1.99. The van der Waals surface area contributed by atoms with E-state index in [2.05, 4.69) is 15.3 Å². The molecule has 1 aromatic heterocycles. The third-order valence-electron chi connectivity index (χ3n) is 4.40. The van der Waals surface area contributed by atoms with E-state index in [1.54, 1.807) is 72.8 Å². The van der Waals surface area contributed by atoms with Crippen LogP contribution in [0.25, 0.3) is 22.0 Å². The molecule has 30 heavy (non-hydrogen) atoms. The summed E-state index contributed by atoms with van der Waals surface area (Å²) in [6.07, 6.45) is 1.67. The van der Waals surface area contributed by atoms with Gasteiger partial charge in [0, 0.05) is 5.69 Å². The molecule has 1 heterocycles. The highest BCUT2D eigenvalue weighted by Crippen LogP contribution is 2.22. The van der Waals surface area contributed by atoms with Crippen LogP contribution in [-0.2, 0) is 0 Å².